The van der Waals surface area contributed by atoms with Gasteiger partial charge in [-0.1, -0.05) is 0 Å². The standard InChI is InChI=1S/C12H17FN2O3S/c1-8-11(13)5-10(6-12(8)14)19(17,18)15-4-2-3-9(15)7-16/h5-6,9,16H,2-4,7,14H2,1H3/t9-/m0/s1. The van der Waals surface area contributed by atoms with Crippen LogP contribution in [0.4, 0.5) is 10.1 Å². The molecule has 1 saturated heterocycles. The number of anilines is 1. The number of aliphatic hydroxyl groups excluding tert-OH is 1. The van der Waals surface area contributed by atoms with Crippen LogP contribution in [0.15, 0.2) is 17.0 Å². The van der Waals surface area contributed by atoms with Gasteiger partial charge >= 0.3 is 0 Å². The van der Waals surface area contributed by atoms with Crippen molar-refractivity contribution in [1.29, 1.82) is 0 Å². The zero-order chi connectivity index (χ0) is 14.2. The minimum absolute atomic E-state index is 0.110. The van der Waals surface area contributed by atoms with E-state index < -0.39 is 21.9 Å². The first-order valence-corrected chi connectivity index (χ1v) is 7.50. The number of nitrogens with zero attached hydrogens (tertiary/aromatic N) is 1. The van der Waals surface area contributed by atoms with Crippen LogP contribution in [-0.2, 0) is 10.0 Å². The number of hydrogen-bond acceptors (Lipinski definition) is 4. The largest absolute Gasteiger partial charge is 0.398 e. The first-order valence-electron chi connectivity index (χ1n) is 6.06. The van der Waals surface area contributed by atoms with Crippen LogP contribution in [0.2, 0.25) is 0 Å². The predicted molar refractivity (Wildman–Crippen MR) is 69.5 cm³/mol. The quantitative estimate of drug-likeness (QED) is 0.808. The van der Waals surface area contributed by atoms with Crippen molar-refractivity contribution in [1.82, 2.24) is 4.31 Å². The van der Waals surface area contributed by atoms with Crippen molar-refractivity contribution >= 4 is 15.7 Å². The molecule has 0 bridgehead atoms. The van der Waals surface area contributed by atoms with Gasteiger partial charge in [-0.2, -0.15) is 4.31 Å². The van der Waals surface area contributed by atoms with Crippen LogP contribution < -0.4 is 5.73 Å². The van der Waals surface area contributed by atoms with Gasteiger partial charge in [0.2, 0.25) is 10.0 Å². The Kier molecular flexibility index (Phi) is 3.80. The molecule has 1 atom stereocenters. The first-order chi connectivity index (χ1) is 8.87. The van der Waals surface area contributed by atoms with E-state index in [-0.39, 0.29) is 22.8 Å². The molecule has 1 aromatic rings. The van der Waals surface area contributed by atoms with Gasteiger partial charge in [0.15, 0.2) is 0 Å². The lowest BCUT2D eigenvalue weighted by molar-refractivity contribution is 0.213. The Bertz CT molecular complexity index is 566. The fourth-order valence-electron chi connectivity index (χ4n) is 2.27. The Labute approximate surface area is 111 Å². The molecule has 0 radical (unpaired) electrons. The summed E-state index contributed by atoms with van der Waals surface area (Å²) >= 11 is 0. The second kappa shape index (κ2) is 5.07. The van der Waals surface area contributed by atoms with Crippen LogP contribution in [0.25, 0.3) is 0 Å². The maximum Gasteiger partial charge on any atom is 0.243 e. The van der Waals surface area contributed by atoms with Crippen molar-refractivity contribution in [3.8, 4) is 0 Å². The highest BCUT2D eigenvalue weighted by Crippen LogP contribution is 2.28. The molecule has 0 saturated carbocycles. The molecule has 3 N–H and O–H groups in total. The van der Waals surface area contributed by atoms with Crippen molar-refractivity contribution in [3.05, 3.63) is 23.5 Å². The van der Waals surface area contributed by atoms with E-state index in [1.807, 2.05) is 0 Å². The molecule has 19 heavy (non-hydrogen) atoms. The summed E-state index contributed by atoms with van der Waals surface area (Å²) in [7, 11) is -3.81. The molecular formula is C12H17FN2O3S. The van der Waals surface area contributed by atoms with Gasteiger partial charge in [-0.05, 0) is 31.9 Å². The van der Waals surface area contributed by atoms with Gasteiger partial charge in [-0.3, -0.25) is 0 Å². The molecule has 1 fully saturated rings. The average molecular weight is 288 g/mol. The molecule has 106 valence electrons. The van der Waals surface area contributed by atoms with Gasteiger partial charge in [0.25, 0.3) is 0 Å². The predicted octanol–water partition coefficient (Wildman–Crippen LogP) is 0.862. The van der Waals surface area contributed by atoms with Crippen LogP contribution in [0.1, 0.15) is 18.4 Å². The Balaban J connectivity index is 2.45. The number of rotatable bonds is 3. The van der Waals surface area contributed by atoms with Crippen molar-refractivity contribution in [3.63, 3.8) is 0 Å². The maximum atomic E-state index is 13.6. The summed E-state index contributed by atoms with van der Waals surface area (Å²) in [5.41, 5.74) is 5.96. The number of hydrogen-bond donors (Lipinski definition) is 2. The lowest BCUT2D eigenvalue weighted by atomic mass is 10.2. The third kappa shape index (κ3) is 2.45. The summed E-state index contributed by atoms with van der Waals surface area (Å²) in [6.45, 7) is 1.60. The van der Waals surface area contributed by atoms with E-state index in [9.17, 15) is 17.9 Å². The van der Waals surface area contributed by atoms with E-state index in [0.717, 1.165) is 6.07 Å². The summed E-state index contributed by atoms with van der Waals surface area (Å²) in [5, 5.41) is 9.20. The van der Waals surface area contributed by atoms with Crippen LogP contribution in [0, 0.1) is 12.7 Å². The Morgan fingerprint density at radius 3 is 2.79 bits per heavy atom. The SMILES string of the molecule is Cc1c(N)cc(S(=O)(=O)N2CCC[C@H]2CO)cc1F. The van der Waals surface area contributed by atoms with Crippen molar-refractivity contribution in [2.24, 2.45) is 0 Å². The number of halogens is 1. The van der Waals surface area contributed by atoms with Crippen LogP contribution in [-0.4, -0.2) is 37.0 Å². The summed E-state index contributed by atoms with van der Waals surface area (Å²) in [5.74, 6) is -0.640. The molecule has 1 aromatic carbocycles. The Morgan fingerprint density at radius 1 is 1.53 bits per heavy atom. The molecular weight excluding hydrogens is 271 g/mol. The van der Waals surface area contributed by atoms with E-state index in [2.05, 4.69) is 0 Å². The molecule has 1 aliphatic heterocycles. The number of nitrogens with two attached hydrogens (primary N) is 1. The van der Waals surface area contributed by atoms with E-state index in [4.69, 9.17) is 5.73 Å². The molecule has 0 unspecified atom stereocenters. The number of benzene rings is 1. The third-order valence-electron chi connectivity index (χ3n) is 3.50. The van der Waals surface area contributed by atoms with E-state index in [1.54, 1.807) is 0 Å². The second-order valence-corrected chi connectivity index (χ2v) is 6.60. The zero-order valence-corrected chi connectivity index (χ0v) is 11.5. The summed E-state index contributed by atoms with van der Waals surface area (Å²) in [6.07, 6.45) is 1.30. The molecule has 1 heterocycles. The molecule has 0 aliphatic carbocycles. The number of aliphatic hydroxyl groups is 1. The van der Waals surface area contributed by atoms with Gasteiger partial charge in [0.05, 0.1) is 11.5 Å². The minimum Gasteiger partial charge on any atom is -0.398 e. The van der Waals surface area contributed by atoms with E-state index in [1.165, 1.54) is 17.3 Å². The summed E-state index contributed by atoms with van der Waals surface area (Å²) in [4.78, 5) is -0.159. The van der Waals surface area contributed by atoms with Gasteiger partial charge < -0.3 is 10.8 Å². The van der Waals surface area contributed by atoms with Gasteiger partial charge in [0.1, 0.15) is 5.82 Å². The highest BCUT2D eigenvalue weighted by molar-refractivity contribution is 7.89. The van der Waals surface area contributed by atoms with Gasteiger partial charge in [-0.15, -0.1) is 0 Å². The topological polar surface area (TPSA) is 83.6 Å². The van der Waals surface area contributed by atoms with Crippen LogP contribution in [0.5, 0.6) is 0 Å². The Hall–Kier alpha value is -1.18. The average Bonchev–Trinajstić information content (AvgIpc) is 2.84. The molecule has 7 heteroatoms. The fraction of sp³-hybridized carbons (Fsp3) is 0.500. The van der Waals surface area contributed by atoms with Crippen molar-refractivity contribution in [2.45, 2.75) is 30.7 Å². The molecule has 1 aliphatic rings. The first kappa shape index (κ1) is 14.2. The van der Waals surface area contributed by atoms with E-state index >= 15 is 0 Å². The van der Waals surface area contributed by atoms with Gasteiger partial charge in [0, 0.05) is 23.8 Å². The monoisotopic (exact) mass is 288 g/mol. The van der Waals surface area contributed by atoms with E-state index in [0.29, 0.717) is 19.4 Å². The summed E-state index contributed by atoms with van der Waals surface area (Å²) in [6, 6.07) is 1.81. The van der Waals surface area contributed by atoms with Crippen molar-refractivity contribution < 1.29 is 17.9 Å². The lowest BCUT2D eigenvalue weighted by Gasteiger charge is -2.22. The van der Waals surface area contributed by atoms with Crippen LogP contribution >= 0.6 is 0 Å². The molecule has 0 spiro atoms. The lowest BCUT2D eigenvalue weighted by Crippen LogP contribution is -2.37. The number of sulfonamides is 1. The minimum atomic E-state index is -3.81. The van der Waals surface area contributed by atoms with Gasteiger partial charge in [-0.25, -0.2) is 12.8 Å². The van der Waals surface area contributed by atoms with Crippen molar-refractivity contribution in [2.75, 3.05) is 18.9 Å². The third-order valence-corrected chi connectivity index (χ3v) is 5.43. The normalized spacial score (nSPS) is 20.9. The second-order valence-electron chi connectivity index (χ2n) is 4.71. The van der Waals surface area contributed by atoms with Crippen LogP contribution in [0.3, 0.4) is 0 Å². The fourth-order valence-corrected chi connectivity index (χ4v) is 4.00. The smallest absolute Gasteiger partial charge is 0.243 e. The maximum absolute atomic E-state index is 13.6. The zero-order valence-electron chi connectivity index (χ0n) is 10.6. The summed E-state index contributed by atoms with van der Waals surface area (Å²) < 4.78 is 39.7. The highest BCUT2D eigenvalue weighted by atomic mass is 32.2. The molecule has 5 nitrogen and oxygen atoms in total. The molecule has 2 rings (SSSR count). The molecule has 0 amide bonds. The molecule has 0 aromatic heterocycles. The Morgan fingerprint density at radius 2 is 2.21 bits per heavy atom. The number of nitrogen functional groups attached to an aromatic ring is 1. The highest BCUT2D eigenvalue weighted by Gasteiger charge is 2.35.